The topological polar surface area (TPSA) is 45.4 Å². The molecule has 0 spiro atoms. The molecule has 1 aromatic carbocycles. The number of aliphatic hydroxyl groups is 1. The van der Waals surface area contributed by atoms with Crippen molar-refractivity contribution in [2.75, 3.05) is 0 Å². The van der Waals surface area contributed by atoms with Crippen LogP contribution >= 0.6 is 11.6 Å². The number of aliphatic hydroxyl groups excluding tert-OH is 1. The van der Waals surface area contributed by atoms with Gasteiger partial charge in [0.2, 0.25) is 0 Å². The van der Waals surface area contributed by atoms with Gasteiger partial charge in [-0.1, -0.05) is 17.7 Å². The second-order valence-corrected chi connectivity index (χ2v) is 5.19. The molecule has 0 aliphatic carbocycles. The summed E-state index contributed by atoms with van der Waals surface area (Å²) in [5.74, 6) is 0.207. The summed E-state index contributed by atoms with van der Waals surface area (Å²) < 4.78 is 18.1. The normalized spacial score (nSPS) is 14.2. The molecule has 3 nitrogen and oxygen atoms in total. The third-order valence-electron chi connectivity index (χ3n) is 3.10. The molecule has 2 unspecified atom stereocenters. The Bertz CT molecular complexity index is 545. The molecule has 5 heteroatoms. The van der Waals surface area contributed by atoms with Gasteiger partial charge in [0.15, 0.2) is 0 Å². The Labute approximate surface area is 122 Å². The highest BCUT2D eigenvalue weighted by Gasteiger charge is 2.14. The molecular weight excluding hydrogens is 281 g/mol. The summed E-state index contributed by atoms with van der Waals surface area (Å²) in [5.41, 5.74) is 0.826. The summed E-state index contributed by atoms with van der Waals surface area (Å²) in [5, 5.41) is 13.6. The molecule has 1 heterocycles. The van der Waals surface area contributed by atoms with Crippen LogP contribution in [0.1, 0.15) is 30.8 Å². The van der Waals surface area contributed by atoms with Crippen molar-refractivity contribution in [3.8, 4) is 0 Å². The Morgan fingerprint density at radius 2 is 2.20 bits per heavy atom. The monoisotopic (exact) mass is 297 g/mol. The summed E-state index contributed by atoms with van der Waals surface area (Å²) in [6.07, 6.45) is 1.41. The van der Waals surface area contributed by atoms with E-state index >= 15 is 0 Å². The molecule has 0 saturated carbocycles. The summed E-state index contributed by atoms with van der Waals surface area (Å²) in [7, 11) is 0. The van der Waals surface area contributed by atoms with E-state index in [0.29, 0.717) is 23.7 Å². The third-order valence-corrected chi connectivity index (χ3v) is 3.46. The number of hydrogen-bond acceptors (Lipinski definition) is 3. The van der Waals surface area contributed by atoms with Crippen LogP contribution in [0, 0.1) is 5.82 Å². The molecule has 0 bridgehead atoms. The van der Waals surface area contributed by atoms with Gasteiger partial charge in [0.25, 0.3) is 0 Å². The van der Waals surface area contributed by atoms with Crippen molar-refractivity contribution in [2.24, 2.45) is 0 Å². The first-order valence-electron chi connectivity index (χ1n) is 6.45. The van der Waals surface area contributed by atoms with E-state index in [4.69, 9.17) is 16.0 Å². The van der Waals surface area contributed by atoms with Crippen molar-refractivity contribution in [1.29, 1.82) is 0 Å². The highest BCUT2D eigenvalue weighted by molar-refractivity contribution is 6.31. The predicted molar refractivity (Wildman–Crippen MR) is 76.0 cm³/mol. The van der Waals surface area contributed by atoms with Gasteiger partial charge in [0, 0.05) is 17.6 Å². The van der Waals surface area contributed by atoms with Crippen LogP contribution in [0.4, 0.5) is 4.39 Å². The average Bonchev–Trinajstić information content (AvgIpc) is 2.91. The molecule has 2 atom stereocenters. The smallest absolute Gasteiger partial charge is 0.132 e. The summed E-state index contributed by atoms with van der Waals surface area (Å²) in [6.45, 7) is 2.48. The molecule has 0 aliphatic rings. The van der Waals surface area contributed by atoms with Gasteiger partial charge in [-0.3, -0.25) is 0 Å². The molecule has 0 amide bonds. The summed E-state index contributed by atoms with van der Waals surface area (Å²) in [6, 6.07) is 7.88. The van der Waals surface area contributed by atoms with Gasteiger partial charge in [-0.05, 0) is 43.2 Å². The van der Waals surface area contributed by atoms with E-state index in [1.54, 1.807) is 18.2 Å². The van der Waals surface area contributed by atoms with Crippen LogP contribution in [0.5, 0.6) is 0 Å². The zero-order valence-corrected chi connectivity index (χ0v) is 11.9. The van der Waals surface area contributed by atoms with Gasteiger partial charge in [-0.15, -0.1) is 0 Å². The number of benzene rings is 1. The third kappa shape index (κ3) is 4.07. The Hall–Kier alpha value is -1.36. The zero-order chi connectivity index (χ0) is 14.5. The number of furan rings is 1. The fourth-order valence-electron chi connectivity index (χ4n) is 1.96. The quantitative estimate of drug-likeness (QED) is 0.855. The van der Waals surface area contributed by atoms with Crippen molar-refractivity contribution in [2.45, 2.75) is 32.0 Å². The Morgan fingerprint density at radius 1 is 1.40 bits per heavy atom. The van der Waals surface area contributed by atoms with E-state index in [9.17, 15) is 9.50 Å². The van der Waals surface area contributed by atoms with Gasteiger partial charge in [-0.2, -0.15) is 0 Å². The maximum Gasteiger partial charge on any atom is 0.132 e. The van der Waals surface area contributed by atoms with E-state index in [1.165, 1.54) is 18.4 Å². The fraction of sp³-hybridized carbons (Fsp3) is 0.333. The molecule has 2 aromatic rings. The van der Waals surface area contributed by atoms with Crippen molar-refractivity contribution >= 4 is 11.6 Å². The van der Waals surface area contributed by atoms with E-state index in [1.807, 2.05) is 6.92 Å². The Morgan fingerprint density at radius 3 is 2.85 bits per heavy atom. The first-order chi connectivity index (χ1) is 9.56. The van der Waals surface area contributed by atoms with E-state index in [-0.39, 0.29) is 11.9 Å². The average molecular weight is 298 g/mol. The Balaban J connectivity index is 1.84. The van der Waals surface area contributed by atoms with Gasteiger partial charge < -0.3 is 14.8 Å². The molecular formula is C15H17ClFNO2. The van der Waals surface area contributed by atoms with E-state index in [0.717, 1.165) is 5.56 Å². The highest BCUT2D eigenvalue weighted by Crippen LogP contribution is 2.20. The highest BCUT2D eigenvalue weighted by atomic mass is 35.5. The second-order valence-electron chi connectivity index (χ2n) is 4.78. The first kappa shape index (κ1) is 15.0. The largest absolute Gasteiger partial charge is 0.467 e. The SMILES string of the molecule is CC(CC(O)c1ccco1)NCc1ccc(F)cc1Cl. The number of hydrogen-bond donors (Lipinski definition) is 2. The lowest BCUT2D eigenvalue weighted by atomic mass is 10.1. The number of nitrogens with one attached hydrogen (secondary N) is 1. The van der Waals surface area contributed by atoms with Crippen LogP contribution in [0.3, 0.4) is 0 Å². The number of halogens is 2. The minimum atomic E-state index is -0.642. The molecule has 0 fully saturated rings. The van der Waals surface area contributed by atoms with Crippen molar-refractivity contribution < 1.29 is 13.9 Å². The van der Waals surface area contributed by atoms with Gasteiger partial charge in [-0.25, -0.2) is 4.39 Å². The van der Waals surface area contributed by atoms with Crippen LogP contribution in [-0.4, -0.2) is 11.1 Å². The van der Waals surface area contributed by atoms with Gasteiger partial charge >= 0.3 is 0 Å². The lowest BCUT2D eigenvalue weighted by Crippen LogP contribution is -2.27. The van der Waals surface area contributed by atoms with Crippen molar-refractivity contribution in [3.05, 3.63) is 58.8 Å². The fourth-order valence-corrected chi connectivity index (χ4v) is 2.20. The summed E-state index contributed by atoms with van der Waals surface area (Å²) >= 11 is 5.96. The molecule has 1 aromatic heterocycles. The molecule has 0 saturated heterocycles. The second kappa shape index (κ2) is 6.88. The maximum absolute atomic E-state index is 12.9. The predicted octanol–water partition coefficient (Wildman–Crippen LogP) is 3.67. The van der Waals surface area contributed by atoms with Crippen LogP contribution in [0.25, 0.3) is 0 Å². The molecule has 20 heavy (non-hydrogen) atoms. The van der Waals surface area contributed by atoms with Gasteiger partial charge in [0.05, 0.1) is 6.26 Å². The van der Waals surface area contributed by atoms with E-state index < -0.39 is 6.10 Å². The number of rotatable bonds is 6. The maximum atomic E-state index is 12.9. The molecule has 2 rings (SSSR count). The van der Waals surface area contributed by atoms with Crippen LogP contribution in [0.2, 0.25) is 5.02 Å². The minimum Gasteiger partial charge on any atom is -0.467 e. The van der Waals surface area contributed by atoms with Crippen molar-refractivity contribution in [1.82, 2.24) is 5.32 Å². The zero-order valence-electron chi connectivity index (χ0n) is 11.1. The first-order valence-corrected chi connectivity index (χ1v) is 6.83. The van der Waals surface area contributed by atoms with Crippen LogP contribution in [-0.2, 0) is 6.54 Å². The van der Waals surface area contributed by atoms with Crippen LogP contribution < -0.4 is 5.32 Å². The molecule has 0 radical (unpaired) electrons. The van der Waals surface area contributed by atoms with E-state index in [2.05, 4.69) is 5.32 Å². The lowest BCUT2D eigenvalue weighted by Gasteiger charge is -2.17. The van der Waals surface area contributed by atoms with Crippen LogP contribution in [0.15, 0.2) is 41.0 Å². The molecule has 2 N–H and O–H groups in total. The summed E-state index contributed by atoms with van der Waals surface area (Å²) in [4.78, 5) is 0. The molecule has 0 aliphatic heterocycles. The molecule has 108 valence electrons. The Kier molecular flexibility index (Phi) is 5.17. The minimum absolute atomic E-state index is 0.0659. The van der Waals surface area contributed by atoms with Crippen molar-refractivity contribution in [3.63, 3.8) is 0 Å². The lowest BCUT2D eigenvalue weighted by molar-refractivity contribution is 0.128. The van der Waals surface area contributed by atoms with Gasteiger partial charge in [0.1, 0.15) is 17.7 Å². The standard InChI is InChI=1S/C15H17ClFNO2/c1-10(7-14(19)15-3-2-6-20-15)18-9-11-4-5-12(17)8-13(11)16/h2-6,8,10,14,18-19H,7,9H2,1H3.